The van der Waals surface area contributed by atoms with Crippen molar-refractivity contribution in [2.24, 2.45) is 5.10 Å². The molecule has 1 aromatic carbocycles. The third-order valence-electron chi connectivity index (χ3n) is 4.25. The molecule has 0 aromatic heterocycles. The molecule has 7 nitrogen and oxygen atoms in total. The lowest BCUT2D eigenvalue weighted by Gasteiger charge is -2.15. The van der Waals surface area contributed by atoms with Crippen LogP contribution in [-0.2, 0) is 22.4 Å². The van der Waals surface area contributed by atoms with E-state index in [1.54, 1.807) is 13.8 Å². The van der Waals surface area contributed by atoms with Gasteiger partial charge in [-0.15, -0.1) is 0 Å². The summed E-state index contributed by atoms with van der Waals surface area (Å²) in [6.45, 7) is 3.32. The first kappa shape index (κ1) is 16.2. The summed E-state index contributed by atoms with van der Waals surface area (Å²) in [5, 5.41) is 6.74. The first-order valence-corrected chi connectivity index (χ1v) is 7.92. The number of benzene rings is 1. The van der Waals surface area contributed by atoms with Gasteiger partial charge in [0.05, 0.1) is 0 Å². The monoisotopic (exact) mass is 328 g/mol. The molecule has 0 saturated carbocycles. The molecule has 2 N–H and O–H groups in total. The summed E-state index contributed by atoms with van der Waals surface area (Å²) in [7, 11) is 0. The van der Waals surface area contributed by atoms with Crippen LogP contribution in [0.15, 0.2) is 29.4 Å². The Labute approximate surface area is 140 Å². The van der Waals surface area contributed by atoms with Crippen molar-refractivity contribution in [3.8, 4) is 0 Å². The van der Waals surface area contributed by atoms with Gasteiger partial charge in [0, 0.05) is 31.5 Å². The second kappa shape index (κ2) is 6.07. The number of urea groups is 1. The highest BCUT2D eigenvalue weighted by Gasteiger charge is 2.43. The van der Waals surface area contributed by atoms with E-state index in [1.165, 1.54) is 11.1 Å². The Morgan fingerprint density at radius 3 is 2.42 bits per heavy atom. The van der Waals surface area contributed by atoms with Gasteiger partial charge in [0.1, 0.15) is 5.54 Å². The quantitative estimate of drug-likeness (QED) is 0.637. The van der Waals surface area contributed by atoms with Gasteiger partial charge in [0.15, 0.2) is 0 Å². The van der Waals surface area contributed by atoms with E-state index in [1.807, 2.05) is 12.1 Å². The van der Waals surface area contributed by atoms with E-state index < -0.39 is 11.6 Å². The number of hydrogen-bond acceptors (Lipinski definition) is 4. The molecule has 4 amide bonds. The van der Waals surface area contributed by atoms with E-state index in [0.717, 1.165) is 23.5 Å². The van der Waals surface area contributed by atoms with Crippen molar-refractivity contribution in [2.75, 3.05) is 6.54 Å². The van der Waals surface area contributed by atoms with Crippen LogP contribution in [0.3, 0.4) is 0 Å². The third-order valence-corrected chi connectivity index (χ3v) is 4.25. The number of hydrazone groups is 1. The van der Waals surface area contributed by atoms with Crippen LogP contribution in [0.1, 0.15) is 31.4 Å². The lowest BCUT2D eigenvalue weighted by Crippen LogP contribution is -2.40. The van der Waals surface area contributed by atoms with Crippen molar-refractivity contribution in [3.63, 3.8) is 0 Å². The Balaban J connectivity index is 1.50. The summed E-state index contributed by atoms with van der Waals surface area (Å²) in [5.74, 6) is -0.637. The zero-order valence-electron chi connectivity index (χ0n) is 13.8. The molecule has 24 heavy (non-hydrogen) atoms. The zero-order chi connectivity index (χ0) is 17.3. The van der Waals surface area contributed by atoms with Crippen LogP contribution in [-0.4, -0.2) is 40.5 Å². The first-order chi connectivity index (χ1) is 11.4. The maximum Gasteiger partial charge on any atom is 0.325 e. The maximum atomic E-state index is 12.0. The van der Waals surface area contributed by atoms with Gasteiger partial charge in [-0.25, -0.2) is 10.2 Å². The number of carbonyl (C=O) groups is 3. The van der Waals surface area contributed by atoms with Gasteiger partial charge < -0.3 is 5.32 Å². The van der Waals surface area contributed by atoms with Crippen molar-refractivity contribution in [3.05, 3.63) is 35.4 Å². The second-order valence-corrected chi connectivity index (χ2v) is 6.60. The summed E-state index contributed by atoms with van der Waals surface area (Å²) in [5.41, 5.74) is 4.96. The number of carbonyl (C=O) groups excluding carboxylic acids is 3. The fourth-order valence-electron chi connectivity index (χ4n) is 2.92. The van der Waals surface area contributed by atoms with Crippen LogP contribution in [0.5, 0.6) is 0 Å². The van der Waals surface area contributed by atoms with Crippen molar-refractivity contribution in [1.82, 2.24) is 15.6 Å². The van der Waals surface area contributed by atoms with E-state index >= 15 is 0 Å². The molecule has 1 saturated heterocycles. The van der Waals surface area contributed by atoms with Gasteiger partial charge in [-0.3, -0.25) is 14.5 Å². The normalized spacial score (nSPS) is 18.4. The number of amides is 4. The fraction of sp³-hybridized carbons (Fsp3) is 0.412. The van der Waals surface area contributed by atoms with Gasteiger partial charge in [-0.1, -0.05) is 24.3 Å². The Morgan fingerprint density at radius 2 is 1.88 bits per heavy atom. The minimum atomic E-state index is -0.913. The zero-order valence-corrected chi connectivity index (χ0v) is 13.8. The average Bonchev–Trinajstić information content (AvgIpc) is 3.02. The molecule has 1 aromatic rings. The predicted molar refractivity (Wildman–Crippen MR) is 88.4 cm³/mol. The molecule has 0 bridgehead atoms. The van der Waals surface area contributed by atoms with Gasteiger partial charge in [0.2, 0.25) is 5.91 Å². The second-order valence-electron chi connectivity index (χ2n) is 6.60. The smallest absolute Gasteiger partial charge is 0.324 e. The largest absolute Gasteiger partial charge is 0.325 e. The highest BCUT2D eigenvalue weighted by atomic mass is 16.2. The predicted octanol–water partition coefficient (Wildman–Crippen LogP) is 0.978. The molecule has 126 valence electrons. The highest BCUT2D eigenvalue weighted by Crippen LogP contribution is 2.19. The van der Waals surface area contributed by atoms with Gasteiger partial charge >= 0.3 is 6.03 Å². The van der Waals surface area contributed by atoms with Crippen molar-refractivity contribution in [1.29, 1.82) is 0 Å². The van der Waals surface area contributed by atoms with Crippen molar-refractivity contribution >= 4 is 23.6 Å². The molecule has 1 heterocycles. The molecule has 0 atom stereocenters. The van der Waals surface area contributed by atoms with Crippen molar-refractivity contribution < 1.29 is 14.4 Å². The van der Waals surface area contributed by atoms with Gasteiger partial charge in [-0.05, 0) is 25.0 Å². The molecular weight excluding hydrogens is 308 g/mol. The molecule has 0 radical (unpaired) electrons. The average molecular weight is 328 g/mol. The molecule has 1 aliphatic carbocycles. The van der Waals surface area contributed by atoms with E-state index in [4.69, 9.17) is 0 Å². The van der Waals surface area contributed by atoms with Crippen LogP contribution < -0.4 is 10.7 Å². The van der Waals surface area contributed by atoms with Gasteiger partial charge in [-0.2, -0.15) is 5.10 Å². The first-order valence-electron chi connectivity index (χ1n) is 7.92. The molecule has 7 heteroatoms. The number of fused-ring (bicyclic) bond motifs is 1. The molecule has 2 aliphatic rings. The Hall–Kier alpha value is -2.70. The van der Waals surface area contributed by atoms with Crippen LogP contribution >= 0.6 is 0 Å². The Morgan fingerprint density at radius 1 is 1.25 bits per heavy atom. The Bertz CT molecular complexity index is 712. The SMILES string of the molecule is CC1(C)NC(=O)N(CCC(=O)NN=C2Cc3ccccc3C2)C1=O. The van der Waals surface area contributed by atoms with E-state index in [-0.39, 0.29) is 24.8 Å². The van der Waals surface area contributed by atoms with E-state index in [2.05, 4.69) is 28.0 Å². The minimum absolute atomic E-state index is 0.0268. The summed E-state index contributed by atoms with van der Waals surface area (Å²) >= 11 is 0. The number of rotatable bonds is 4. The number of imide groups is 1. The van der Waals surface area contributed by atoms with Crippen LogP contribution in [0.2, 0.25) is 0 Å². The lowest BCUT2D eigenvalue weighted by atomic mass is 10.1. The summed E-state index contributed by atoms with van der Waals surface area (Å²) in [6.07, 6.45) is 1.49. The van der Waals surface area contributed by atoms with Crippen LogP contribution in [0.4, 0.5) is 4.79 Å². The standard InChI is InChI=1S/C17H20N4O3/c1-17(2)15(23)21(16(24)18-17)8-7-14(22)20-19-13-9-11-5-3-4-6-12(11)10-13/h3-6H,7-10H2,1-2H3,(H,18,24)(H,20,22). The third kappa shape index (κ3) is 3.15. The molecule has 3 rings (SSSR count). The lowest BCUT2D eigenvalue weighted by molar-refractivity contribution is -0.130. The number of hydrogen-bond donors (Lipinski definition) is 2. The molecule has 1 fully saturated rings. The fourth-order valence-corrected chi connectivity index (χ4v) is 2.92. The van der Waals surface area contributed by atoms with E-state index in [0.29, 0.717) is 0 Å². The topological polar surface area (TPSA) is 90.9 Å². The highest BCUT2D eigenvalue weighted by molar-refractivity contribution is 6.06. The van der Waals surface area contributed by atoms with Gasteiger partial charge in [0.25, 0.3) is 5.91 Å². The number of nitrogens with zero attached hydrogens (tertiary/aromatic N) is 2. The molecule has 1 aliphatic heterocycles. The number of nitrogens with one attached hydrogen (secondary N) is 2. The van der Waals surface area contributed by atoms with E-state index in [9.17, 15) is 14.4 Å². The van der Waals surface area contributed by atoms with Crippen LogP contribution in [0, 0.1) is 0 Å². The molecule has 0 spiro atoms. The minimum Gasteiger partial charge on any atom is -0.324 e. The van der Waals surface area contributed by atoms with Crippen LogP contribution in [0.25, 0.3) is 0 Å². The summed E-state index contributed by atoms with van der Waals surface area (Å²) < 4.78 is 0. The maximum absolute atomic E-state index is 12.0. The Kier molecular flexibility index (Phi) is 4.09. The summed E-state index contributed by atoms with van der Waals surface area (Å²) in [4.78, 5) is 36.8. The molecule has 0 unspecified atom stereocenters. The molecular formula is C17H20N4O3. The summed E-state index contributed by atoms with van der Waals surface area (Å²) in [6, 6.07) is 7.62. The van der Waals surface area contributed by atoms with Crippen molar-refractivity contribution in [2.45, 2.75) is 38.6 Å².